The highest BCUT2D eigenvalue weighted by Gasteiger charge is 2.46. The first-order valence-corrected chi connectivity index (χ1v) is 9.56. The summed E-state index contributed by atoms with van der Waals surface area (Å²) < 4.78 is 2.03. The van der Waals surface area contributed by atoms with Crippen LogP contribution >= 0.6 is 0 Å². The number of carbonyl (C=O) groups excluding carboxylic acids is 1. The van der Waals surface area contributed by atoms with Crippen LogP contribution in [0.1, 0.15) is 59.1 Å². The number of piperidine rings is 1. The first kappa shape index (κ1) is 17.3. The highest BCUT2D eigenvalue weighted by Crippen LogP contribution is 2.50. The molecule has 1 atom stereocenters. The maximum atomic E-state index is 12.8. The van der Waals surface area contributed by atoms with Gasteiger partial charge in [-0.15, -0.1) is 0 Å². The van der Waals surface area contributed by atoms with Gasteiger partial charge < -0.3 is 10.2 Å². The minimum absolute atomic E-state index is 0.0481. The maximum absolute atomic E-state index is 12.8. The molecule has 2 amide bonds. The maximum Gasteiger partial charge on any atom is 0.321 e. The molecule has 1 aliphatic heterocycles. The zero-order chi connectivity index (χ0) is 17.3. The van der Waals surface area contributed by atoms with E-state index in [1.807, 2.05) is 15.8 Å². The number of nitrogens with one attached hydrogen (secondary N) is 1. The molecule has 1 N–H and O–H groups in total. The molecule has 1 spiro atoms. The average molecular weight is 332 g/mol. The van der Waals surface area contributed by atoms with Gasteiger partial charge in [-0.3, -0.25) is 4.68 Å². The van der Waals surface area contributed by atoms with Crippen LogP contribution in [-0.4, -0.2) is 33.8 Å². The molecule has 2 fully saturated rings. The molecule has 1 saturated heterocycles. The van der Waals surface area contributed by atoms with Gasteiger partial charge in [0.25, 0.3) is 0 Å². The van der Waals surface area contributed by atoms with Crippen molar-refractivity contribution in [1.29, 1.82) is 0 Å². The topological polar surface area (TPSA) is 50.2 Å². The molecule has 5 heteroatoms. The molecule has 1 aromatic rings. The standard InChI is InChI=1S/C19H32N4O/c1-5-17-16(11-20-23(17)12-14(2)3)21-18(24)22-10-7-15(4)19(13-22)8-6-9-19/h11,14-15H,5-10,12-13H2,1-4H3,(H,21,24). The van der Waals surface area contributed by atoms with Crippen molar-refractivity contribution in [2.75, 3.05) is 18.4 Å². The van der Waals surface area contributed by atoms with Gasteiger partial charge in [-0.05, 0) is 42.9 Å². The number of aromatic nitrogens is 2. The summed E-state index contributed by atoms with van der Waals surface area (Å²) in [6, 6.07) is 0.0481. The Balaban J connectivity index is 1.67. The summed E-state index contributed by atoms with van der Waals surface area (Å²) in [4.78, 5) is 14.8. The highest BCUT2D eigenvalue weighted by atomic mass is 16.2. The Bertz CT molecular complexity index is 588. The van der Waals surface area contributed by atoms with Crippen LogP contribution in [0.25, 0.3) is 0 Å². The van der Waals surface area contributed by atoms with Crippen molar-refractivity contribution in [2.45, 2.75) is 66.3 Å². The van der Waals surface area contributed by atoms with Crippen molar-refractivity contribution in [3.63, 3.8) is 0 Å². The SMILES string of the molecule is CCc1c(NC(=O)N2CCC(C)C3(CCC3)C2)cnn1CC(C)C. The molecule has 134 valence electrons. The number of urea groups is 1. The molecule has 5 nitrogen and oxygen atoms in total. The predicted molar refractivity (Wildman–Crippen MR) is 97.1 cm³/mol. The summed E-state index contributed by atoms with van der Waals surface area (Å²) in [5.74, 6) is 1.29. The summed E-state index contributed by atoms with van der Waals surface area (Å²) in [5.41, 5.74) is 2.40. The number of nitrogens with zero attached hydrogens (tertiary/aromatic N) is 3. The molecule has 0 radical (unpaired) electrons. The van der Waals surface area contributed by atoms with Crippen LogP contribution in [0, 0.1) is 17.3 Å². The lowest BCUT2D eigenvalue weighted by Crippen LogP contribution is -2.54. The third-order valence-corrected chi connectivity index (χ3v) is 6.08. The van der Waals surface area contributed by atoms with E-state index in [2.05, 4.69) is 38.1 Å². The molecule has 0 aromatic carbocycles. The van der Waals surface area contributed by atoms with Crippen molar-refractivity contribution in [3.05, 3.63) is 11.9 Å². The first-order valence-electron chi connectivity index (χ1n) is 9.56. The quantitative estimate of drug-likeness (QED) is 0.900. The van der Waals surface area contributed by atoms with Gasteiger partial charge in [-0.2, -0.15) is 5.10 Å². The van der Waals surface area contributed by atoms with Gasteiger partial charge in [-0.25, -0.2) is 4.79 Å². The van der Waals surface area contributed by atoms with Crippen molar-refractivity contribution >= 4 is 11.7 Å². The van der Waals surface area contributed by atoms with Crippen LogP contribution < -0.4 is 5.32 Å². The fourth-order valence-electron chi connectivity index (χ4n) is 4.31. The first-order chi connectivity index (χ1) is 11.4. The number of anilines is 1. The second kappa shape index (κ2) is 6.77. The van der Waals surface area contributed by atoms with E-state index in [1.54, 1.807) is 0 Å². The lowest BCUT2D eigenvalue weighted by molar-refractivity contribution is -0.0108. The van der Waals surface area contributed by atoms with Gasteiger partial charge in [0.1, 0.15) is 0 Å². The Morgan fingerprint density at radius 3 is 2.79 bits per heavy atom. The number of hydrogen-bond donors (Lipinski definition) is 1. The zero-order valence-electron chi connectivity index (χ0n) is 15.6. The van der Waals surface area contributed by atoms with Gasteiger partial charge in [-0.1, -0.05) is 34.1 Å². The van der Waals surface area contributed by atoms with Crippen molar-refractivity contribution in [2.24, 2.45) is 17.3 Å². The fourth-order valence-corrected chi connectivity index (χ4v) is 4.31. The van der Waals surface area contributed by atoms with E-state index >= 15 is 0 Å². The molecular weight excluding hydrogens is 300 g/mol. The molecule has 3 rings (SSSR count). The smallest absolute Gasteiger partial charge is 0.321 e. The molecule has 0 bridgehead atoms. The normalized spacial score (nSPS) is 22.7. The van der Waals surface area contributed by atoms with Gasteiger partial charge in [0.05, 0.1) is 17.6 Å². The van der Waals surface area contributed by atoms with Crippen LogP contribution in [0.2, 0.25) is 0 Å². The van der Waals surface area contributed by atoms with Gasteiger partial charge >= 0.3 is 6.03 Å². The number of rotatable bonds is 4. The van der Waals surface area contributed by atoms with E-state index in [0.717, 1.165) is 49.8 Å². The third kappa shape index (κ3) is 3.17. The van der Waals surface area contributed by atoms with Crippen LogP contribution in [-0.2, 0) is 13.0 Å². The molecule has 2 heterocycles. The second-order valence-corrected chi connectivity index (χ2v) is 8.19. The summed E-state index contributed by atoms with van der Waals surface area (Å²) in [5, 5.41) is 7.61. The summed E-state index contributed by atoms with van der Waals surface area (Å²) in [6.07, 6.45) is 7.70. The fraction of sp³-hybridized carbons (Fsp3) is 0.789. The molecule has 1 saturated carbocycles. The second-order valence-electron chi connectivity index (χ2n) is 8.19. The Kier molecular flexibility index (Phi) is 4.88. The van der Waals surface area contributed by atoms with E-state index in [9.17, 15) is 4.79 Å². The Hall–Kier alpha value is -1.52. The van der Waals surface area contributed by atoms with E-state index in [4.69, 9.17) is 0 Å². The van der Waals surface area contributed by atoms with Crippen LogP contribution in [0.3, 0.4) is 0 Å². The van der Waals surface area contributed by atoms with E-state index in [1.165, 1.54) is 19.3 Å². The molecule has 1 aromatic heterocycles. The summed E-state index contributed by atoms with van der Waals surface area (Å²) >= 11 is 0. The molecule has 24 heavy (non-hydrogen) atoms. The minimum Gasteiger partial charge on any atom is -0.324 e. The highest BCUT2D eigenvalue weighted by molar-refractivity contribution is 5.90. The third-order valence-electron chi connectivity index (χ3n) is 6.08. The lowest BCUT2D eigenvalue weighted by atomic mass is 9.59. The van der Waals surface area contributed by atoms with E-state index in [0.29, 0.717) is 11.3 Å². The number of likely N-dealkylation sites (tertiary alicyclic amines) is 1. The zero-order valence-corrected chi connectivity index (χ0v) is 15.6. The van der Waals surface area contributed by atoms with Crippen LogP contribution in [0.5, 0.6) is 0 Å². The number of carbonyl (C=O) groups is 1. The Labute approximate surface area is 145 Å². The largest absolute Gasteiger partial charge is 0.324 e. The van der Waals surface area contributed by atoms with Crippen molar-refractivity contribution in [1.82, 2.24) is 14.7 Å². The van der Waals surface area contributed by atoms with E-state index in [-0.39, 0.29) is 6.03 Å². The summed E-state index contributed by atoms with van der Waals surface area (Å²) in [7, 11) is 0. The summed E-state index contributed by atoms with van der Waals surface area (Å²) in [6.45, 7) is 11.5. The van der Waals surface area contributed by atoms with Crippen LogP contribution in [0.15, 0.2) is 6.20 Å². The molecule has 1 aliphatic carbocycles. The van der Waals surface area contributed by atoms with Gasteiger partial charge in [0, 0.05) is 19.6 Å². The Morgan fingerprint density at radius 2 is 2.21 bits per heavy atom. The number of amides is 2. The molecular formula is C19H32N4O. The van der Waals surface area contributed by atoms with E-state index < -0.39 is 0 Å². The minimum atomic E-state index is 0.0481. The van der Waals surface area contributed by atoms with Crippen molar-refractivity contribution in [3.8, 4) is 0 Å². The Morgan fingerprint density at radius 1 is 1.46 bits per heavy atom. The molecule has 2 aliphatic rings. The predicted octanol–water partition coefficient (Wildman–Crippen LogP) is 4.15. The molecule has 1 unspecified atom stereocenters. The van der Waals surface area contributed by atoms with Gasteiger partial charge in [0.2, 0.25) is 0 Å². The monoisotopic (exact) mass is 332 g/mol. The lowest BCUT2D eigenvalue weighted by Gasteiger charge is -2.52. The van der Waals surface area contributed by atoms with Crippen molar-refractivity contribution < 1.29 is 4.79 Å². The van der Waals surface area contributed by atoms with Crippen LogP contribution in [0.4, 0.5) is 10.5 Å². The average Bonchev–Trinajstić information content (AvgIpc) is 2.86. The number of hydrogen-bond acceptors (Lipinski definition) is 2. The van der Waals surface area contributed by atoms with Gasteiger partial charge in [0.15, 0.2) is 0 Å².